The van der Waals surface area contributed by atoms with Gasteiger partial charge in [-0.05, 0) is 56.2 Å². The lowest BCUT2D eigenvalue weighted by Crippen LogP contribution is -2.45. The van der Waals surface area contributed by atoms with Crippen molar-refractivity contribution >= 4 is 11.6 Å². The number of halogens is 3. The third-order valence-electron chi connectivity index (χ3n) is 6.73. The van der Waals surface area contributed by atoms with Gasteiger partial charge in [-0.25, -0.2) is 4.98 Å². The molecule has 154 valence electrons. The van der Waals surface area contributed by atoms with Crippen molar-refractivity contribution in [3.63, 3.8) is 0 Å². The van der Waals surface area contributed by atoms with Crippen LogP contribution < -0.4 is 15.8 Å². The molecule has 3 heterocycles. The van der Waals surface area contributed by atoms with Crippen LogP contribution in [0.25, 0.3) is 0 Å². The number of aryl methyl sites for hydroxylation is 1. The number of fused-ring (bicyclic) bond motifs is 3. The molecule has 0 bridgehead atoms. The van der Waals surface area contributed by atoms with Gasteiger partial charge in [0.05, 0.1) is 11.3 Å². The number of nitrogens with zero attached hydrogens (tertiary/aromatic N) is 2. The maximum atomic E-state index is 13.0. The summed E-state index contributed by atoms with van der Waals surface area (Å²) in [5.74, 6) is 0.629. The summed E-state index contributed by atoms with van der Waals surface area (Å²) in [5.41, 5.74) is 2.49. The number of nitrogens with one attached hydrogen (secondary N) is 2. The van der Waals surface area contributed by atoms with Gasteiger partial charge in [-0.2, -0.15) is 13.2 Å². The maximum Gasteiger partial charge on any atom is 0.416 e. The number of hydrogen-bond donors (Lipinski definition) is 2. The number of aromatic amines is 1. The molecule has 1 aromatic heterocycles. The van der Waals surface area contributed by atoms with E-state index in [0.717, 1.165) is 55.3 Å². The van der Waals surface area contributed by atoms with Crippen LogP contribution in [0.15, 0.2) is 23.0 Å². The van der Waals surface area contributed by atoms with Crippen LogP contribution in [-0.4, -0.2) is 29.6 Å². The van der Waals surface area contributed by atoms with Gasteiger partial charge in [0.25, 0.3) is 5.56 Å². The van der Waals surface area contributed by atoms with Crippen LogP contribution in [0.5, 0.6) is 0 Å². The van der Waals surface area contributed by atoms with Gasteiger partial charge in [-0.15, -0.1) is 0 Å². The van der Waals surface area contributed by atoms with Gasteiger partial charge < -0.3 is 10.2 Å². The van der Waals surface area contributed by atoms with Crippen molar-refractivity contribution in [2.24, 2.45) is 0 Å². The number of alkyl halides is 3. The van der Waals surface area contributed by atoms with Crippen molar-refractivity contribution in [1.29, 1.82) is 0 Å². The Balaban J connectivity index is 1.37. The van der Waals surface area contributed by atoms with Crippen LogP contribution >= 0.6 is 0 Å². The summed E-state index contributed by atoms with van der Waals surface area (Å²) in [6.07, 6.45) is 1.02. The molecule has 0 atom stereocenters. The SMILES string of the molecule is O=c1[nH]c(N2CCC3(CC2)CNc2cc(C(F)(F)F)ccc23)nc2c1CCCC2. The topological polar surface area (TPSA) is 61.0 Å². The lowest BCUT2D eigenvalue weighted by Gasteiger charge is -2.39. The molecule has 3 aliphatic rings. The molecular weight excluding hydrogens is 381 g/mol. The fraction of sp³-hybridized carbons (Fsp3) is 0.524. The van der Waals surface area contributed by atoms with Gasteiger partial charge in [0.1, 0.15) is 0 Å². The molecule has 0 amide bonds. The Hall–Kier alpha value is -2.51. The highest BCUT2D eigenvalue weighted by atomic mass is 19.4. The first kappa shape index (κ1) is 18.5. The zero-order chi connectivity index (χ0) is 20.2. The van der Waals surface area contributed by atoms with Crippen molar-refractivity contribution in [1.82, 2.24) is 9.97 Å². The minimum atomic E-state index is -4.33. The minimum Gasteiger partial charge on any atom is -0.384 e. The molecule has 5 rings (SSSR count). The molecule has 8 heteroatoms. The first-order valence-corrected chi connectivity index (χ1v) is 10.2. The van der Waals surface area contributed by atoms with Crippen molar-refractivity contribution < 1.29 is 13.2 Å². The van der Waals surface area contributed by atoms with E-state index in [1.807, 2.05) is 0 Å². The number of aromatic nitrogens is 2. The van der Waals surface area contributed by atoms with E-state index < -0.39 is 11.7 Å². The van der Waals surface area contributed by atoms with Crippen molar-refractivity contribution in [2.45, 2.75) is 50.1 Å². The standard InChI is InChI=1S/C21H23F3N4O/c22-21(23,24)13-5-6-15-17(11-13)25-12-20(15)7-9-28(10-8-20)19-26-16-4-2-1-3-14(16)18(29)27-19/h5-6,11,25H,1-4,7-10,12H2,(H,26,27,29). The van der Waals surface area contributed by atoms with E-state index in [-0.39, 0.29) is 11.0 Å². The summed E-state index contributed by atoms with van der Waals surface area (Å²) < 4.78 is 39.0. The van der Waals surface area contributed by atoms with Crippen LogP contribution in [-0.2, 0) is 24.4 Å². The van der Waals surface area contributed by atoms with E-state index in [4.69, 9.17) is 4.98 Å². The van der Waals surface area contributed by atoms with E-state index in [1.54, 1.807) is 6.07 Å². The highest BCUT2D eigenvalue weighted by Crippen LogP contribution is 2.46. The Labute approximate surface area is 166 Å². The smallest absolute Gasteiger partial charge is 0.384 e. The number of piperidine rings is 1. The molecule has 5 nitrogen and oxygen atoms in total. The van der Waals surface area contributed by atoms with E-state index in [2.05, 4.69) is 15.2 Å². The first-order chi connectivity index (χ1) is 13.9. The second-order valence-electron chi connectivity index (χ2n) is 8.40. The highest BCUT2D eigenvalue weighted by Gasteiger charge is 2.43. The Morgan fingerprint density at radius 3 is 2.62 bits per heavy atom. The third kappa shape index (κ3) is 3.09. The fourth-order valence-corrected chi connectivity index (χ4v) is 5.02. The largest absolute Gasteiger partial charge is 0.416 e. The molecule has 1 aromatic carbocycles. The highest BCUT2D eigenvalue weighted by molar-refractivity contribution is 5.62. The molecule has 2 aromatic rings. The predicted octanol–water partition coefficient (Wildman–Crippen LogP) is 3.63. The van der Waals surface area contributed by atoms with Crippen molar-refractivity contribution in [2.75, 3.05) is 29.9 Å². The van der Waals surface area contributed by atoms with Gasteiger partial charge in [0.2, 0.25) is 5.95 Å². The number of anilines is 2. The zero-order valence-electron chi connectivity index (χ0n) is 16.0. The van der Waals surface area contributed by atoms with Gasteiger partial charge in [0, 0.05) is 36.3 Å². The lowest BCUT2D eigenvalue weighted by molar-refractivity contribution is -0.137. The van der Waals surface area contributed by atoms with Crippen molar-refractivity contribution in [3.05, 3.63) is 50.9 Å². The van der Waals surface area contributed by atoms with E-state index in [0.29, 0.717) is 31.3 Å². The van der Waals surface area contributed by atoms with Crippen LogP contribution in [0, 0.1) is 0 Å². The summed E-state index contributed by atoms with van der Waals surface area (Å²) in [7, 11) is 0. The zero-order valence-corrected chi connectivity index (χ0v) is 16.0. The fourth-order valence-electron chi connectivity index (χ4n) is 5.02. The maximum absolute atomic E-state index is 13.0. The summed E-state index contributed by atoms with van der Waals surface area (Å²) in [6.45, 7) is 2.07. The van der Waals surface area contributed by atoms with Crippen molar-refractivity contribution in [3.8, 4) is 0 Å². The van der Waals surface area contributed by atoms with Crippen LogP contribution in [0.4, 0.5) is 24.8 Å². The molecule has 0 saturated carbocycles. The average molecular weight is 404 g/mol. The Bertz CT molecular complexity index is 1010. The van der Waals surface area contributed by atoms with E-state index in [1.165, 1.54) is 12.1 Å². The quantitative estimate of drug-likeness (QED) is 0.762. The molecule has 1 spiro atoms. The number of benzene rings is 1. The summed E-state index contributed by atoms with van der Waals surface area (Å²) in [6, 6.07) is 4.04. The summed E-state index contributed by atoms with van der Waals surface area (Å²) >= 11 is 0. The van der Waals surface area contributed by atoms with Gasteiger partial charge >= 0.3 is 6.18 Å². The summed E-state index contributed by atoms with van der Waals surface area (Å²) in [5, 5.41) is 3.19. The number of H-pyrrole nitrogens is 1. The molecule has 0 unspecified atom stereocenters. The second kappa shape index (κ2) is 6.50. The minimum absolute atomic E-state index is 0.0301. The number of hydrogen-bond acceptors (Lipinski definition) is 4. The van der Waals surface area contributed by atoms with Gasteiger partial charge in [-0.1, -0.05) is 6.07 Å². The molecule has 0 radical (unpaired) electrons. The molecule has 1 saturated heterocycles. The Morgan fingerprint density at radius 2 is 1.86 bits per heavy atom. The predicted molar refractivity (Wildman–Crippen MR) is 105 cm³/mol. The molecule has 29 heavy (non-hydrogen) atoms. The summed E-state index contributed by atoms with van der Waals surface area (Å²) in [4.78, 5) is 22.2. The molecule has 2 aliphatic heterocycles. The van der Waals surface area contributed by atoms with E-state index >= 15 is 0 Å². The molecule has 1 fully saturated rings. The van der Waals surface area contributed by atoms with Crippen LogP contribution in [0.2, 0.25) is 0 Å². The van der Waals surface area contributed by atoms with Crippen LogP contribution in [0.1, 0.15) is 48.1 Å². The lowest BCUT2D eigenvalue weighted by atomic mass is 9.74. The Kier molecular flexibility index (Phi) is 4.15. The number of rotatable bonds is 1. The molecule has 1 aliphatic carbocycles. The van der Waals surface area contributed by atoms with E-state index in [9.17, 15) is 18.0 Å². The van der Waals surface area contributed by atoms with Gasteiger partial charge in [0.15, 0.2) is 0 Å². The van der Waals surface area contributed by atoms with Crippen LogP contribution in [0.3, 0.4) is 0 Å². The first-order valence-electron chi connectivity index (χ1n) is 10.2. The normalized spacial score (nSPS) is 20.3. The third-order valence-corrected chi connectivity index (χ3v) is 6.73. The Morgan fingerprint density at radius 1 is 1.10 bits per heavy atom. The molecule has 2 N–H and O–H groups in total. The average Bonchev–Trinajstić information content (AvgIpc) is 3.05. The second-order valence-corrected chi connectivity index (χ2v) is 8.40. The van der Waals surface area contributed by atoms with Gasteiger partial charge in [-0.3, -0.25) is 9.78 Å². The monoisotopic (exact) mass is 404 g/mol. The molecular formula is C21H23F3N4O.